The molecule has 4 nitrogen and oxygen atoms in total. The summed E-state index contributed by atoms with van der Waals surface area (Å²) < 4.78 is 0. The first-order chi connectivity index (χ1) is 10.8. The smallest absolute Gasteiger partial charge is 0.191 e. The number of aliphatic imine (C=N–C) groups is 1. The SMILES string of the molecule is CN=C(NCc1ccc(C)cc1SC)NCC(C)(C)CN(C)C.I. The van der Waals surface area contributed by atoms with Crippen molar-refractivity contribution in [3.63, 3.8) is 0 Å². The predicted octanol–water partition coefficient (Wildman–Crippen LogP) is 3.59. The monoisotopic (exact) mass is 464 g/mol. The van der Waals surface area contributed by atoms with Crippen molar-refractivity contribution in [3.05, 3.63) is 29.3 Å². The van der Waals surface area contributed by atoms with Crippen molar-refractivity contribution in [3.8, 4) is 0 Å². The Morgan fingerprint density at radius 2 is 1.92 bits per heavy atom. The van der Waals surface area contributed by atoms with Crippen LogP contribution in [0.1, 0.15) is 25.0 Å². The molecule has 0 bridgehead atoms. The van der Waals surface area contributed by atoms with Crippen LogP contribution in [0.4, 0.5) is 0 Å². The number of guanidine groups is 1. The average Bonchev–Trinajstić information content (AvgIpc) is 2.47. The molecule has 0 aliphatic heterocycles. The van der Waals surface area contributed by atoms with Crippen molar-refractivity contribution >= 4 is 41.7 Å². The zero-order chi connectivity index (χ0) is 17.5. The number of thioether (sulfide) groups is 1. The molecule has 1 aromatic rings. The Hall–Kier alpha value is -0.470. The number of hydrogen-bond donors (Lipinski definition) is 2. The first kappa shape index (κ1) is 23.5. The van der Waals surface area contributed by atoms with E-state index >= 15 is 0 Å². The van der Waals surface area contributed by atoms with Crippen LogP contribution in [-0.2, 0) is 6.54 Å². The number of nitrogens with zero attached hydrogens (tertiary/aromatic N) is 2. The molecule has 0 atom stereocenters. The lowest BCUT2D eigenvalue weighted by atomic mass is 9.93. The number of halogens is 1. The van der Waals surface area contributed by atoms with E-state index in [1.165, 1.54) is 16.0 Å². The largest absolute Gasteiger partial charge is 0.356 e. The van der Waals surface area contributed by atoms with Crippen LogP contribution in [0.15, 0.2) is 28.1 Å². The lowest BCUT2D eigenvalue weighted by Crippen LogP contribution is -2.44. The highest BCUT2D eigenvalue weighted by Crippen LogP contribution is 2.21. The Labute approximate surface area is 169 Å². The Morgan fingerprint density at radius 3 is 2.46 bits per heavy atom. The summed E-state index contributed by atoms with van der Waals surface area (Å²) >= 11 is 1.79. The molecule has 0 amide bonds. The van der Waals surface area contributed by atoms with E-state index < -0.39 is 0 Å². The molecule has 0 fully saturated rings. The average molecular weight is 464 g/mol. The number of hydrogen-bond acceptors (Lipinski definition) is 3. The Kier molecular flexibility index (Phi) is 11.0. The van der Waals surface area contributed by atoms with Crippen LogP contribution < -0.4 is 10.6 Å². The van der Waals surface area contributed by atoms with E-state index in [2.05, 4.69) is 79.8 Å². The summed E-state index contributed by atoms with van der Waals surface area (Å²) in [7, 11) is 6.03. The lowest BCUT2D eigenvalue weighted by molar-refractivity contribution is 0.241. The Morgan fingerprint density at radius 1 is 1.25 bits per heavy atom. The summed E-state index contributed by atoms with van der Waals surface area (Å²) in [5.41, 5.74) is 2.79. The standard InChI is InChI=1S/C18H32N4S.HI/c1-14-8-9-15(16(10-14)23-7)11-20-17(19-4)21-12-18(2,3)13-22(5)6;/h8-10H,11-13H2,1-7H3,(H2,19,20,21);1H. The summed E-state index contributed by atoms with van der Waals surface area (Å²) in [6, 6.07) is 6.59. The Bertz CT molecular complexity index is 530. The molecule has 6 heteroatoms. The fourth-order valence-corrected chi connectivity index (χ4v) is 3.34. The summed E-state index contributed by atoms with van der Waals surface area (Å²) in [6.45, 7) is 9.35. The molecular weight excluding hydrogens is 431 g/mol. The van der Waals surface area contributed by atoms with Crippen molar-refractivity contribution in [1.29, 1.82) is 0 Å². The molecule has 0 heterocycles. The van der Waals surface area contributed by atoms with Gasteiger partial charge in [0.05, 0.1) is 0 Å². The molecule has 1 aromatic carbocycles. The summed E-state index contributed by atoms with van der Waals surface area (Å²) in [5.74, 6) is 0.851. The fourth-order valence-electron chi connectivity index (χ4n) is 2.63. The molecule has 0 aliphatic carbocycles. The predicted molar refractivity (Wildman–Crippen MR) is 119 cm³/mol. The second-order valence-electron chi connectivity index (χ2n) is 7.00. The molecule has 0 spiro atoms. The minimum atomic E-state index is 0. The fraction of sp³-hybridized carbons (Fsp3) is 0.611. The molecule has 2 N–H and O–H groups in total. The van der Waals surface area contributed by atoms with Crippen LogP contribution in [-0.4, -0.2) is 51.3 Å². The molecule has 138 valence electrons. The third-order valence-electron chi connectivity index (χ3n) is 3.59. The molecular formula is C18H33IN4S. The van der Waals surface area contributed by atoms with Gasteiger partial charge >= 0.3 is 0 Å². The summed E-state index contributed by atoms with van der Waals surface area (Å²) in [6.07, 6.45) is 2.12. The van der Waals surface area contributed by atoms with Crippen LogP contribution >= 0.6 is 35.7 Å². The van der Waals surface area contributed by atoms with Gasteiger partial charge in [-0.2, -0.15) is 0 Å². The zero-order valence-electron chi connectivity index (χ0n) is 16.1. The van der Waals surface area contributed by atoms with Gasteiger partial charge in [-0.25, -0.2) is 0 Å². The van der Waals surface area contributed by atoms with E-state index in [-0.39, 0.29) is 29.4 Å². The van der Waals surface area contributed by atoms with Crippen molar-refractivity contribution in [1.82, 2.24) is 15.5 Å². The van der Waals surface area contributed by atoms with Gasteiger partial charge in [0.2, 0.25) is 0 Å². The maximum absolute atomic E-state index is 4.33. The van der Waals surface area contributed by atoms with E-state index in [9.17, 15) is 0 Å². The van der Waals surface area contributed by atoms with Crippen LogP contribution in [0, 0.1) is 12.3 Å². The summed E-state index contributed by atoms with van der Waals surface area (Å²) in [5, 5.41) is 6.86. The molecule has 0 aliphatic rings. The second kappa shape index (κ2) is 11.2. The zero-order valence-corrected chi connectivity index (χ0v) is 19.2. The van der Waals surface area contributed by atoms with E-state index in [1.807, 2.05) is 7.05 Å². The molecule has 24 heavy (non-hydrogen) atoms. The second-order valence-corrected chi connectivity index (χ2v) is 7.84. The van der Waals surface area contributed by atoms with Gasteiger partial charge in [0.25, 0.3) is 0 Å². The van der Waals surface area contributed by atoms with E-state index in [0.717, 1.165) is 25.6 Å². The number of rotatable bonds is 7. The van der Waals surface area contributed by atoms with E-state index in [0.29, 0.717) is 0 Å². The summed E-state index contributed by atoms with van der Waals surface area (Å²) in [4.78, 5) is 7.87. The normalized spacial score (nSPS) is 12.1. The van der Waals surface area contributed by atoms with Crippen molar-refractivity contribution in [2.45, 2.75) is 32.2 Å². The van der Waals surface area contributed by atoms with Crippen LogP contribution in [0.5, 0.6) is 0 Å². The Balaban J connectivity index is 0.00000529. The van der Waals surface area contributed by atoms with Gasteiger partial charge in [-0.1, -0.05) is 26.0 Å². The van der Waals surface area contributed by atoms with Gasteiger partial charge in [-0.05, 0) is 49.9 Å². The van der Waals surface area contributed by atoms with Crippen molar-refractivity contribution < 1.29 is 0 Å². The van der Waals surface area contributed by atoms with Crippen molar-refractivity contribution in [2.75, 3.05) is 40.5 Å². The highest BCUT2D eigenvalue weighted by Gasteiger charge is 2.19. The molecule has 0 unspecified atom stereocenters. The first-order valence-electron chi connectivity index (χ1n) is 8.00. The number of aryl methyl sites for hydroxylation is 1. The van der Waals surface area contributed by atoms with E-state index in [1.54, 1.807) is 11.8 Å². The number of benzene rings is 1. The van der Waals surface area contributed by atoms with Gasteiger partial charge in [0, 0.05) is 31.6 Å². The van der Waals surface area contributed by atoms with Crippen LogP contribution in [0.3, 0.4) is 0 Å². The van der Waals surface area contributed by atoms with Crippen LogP contribution in [0.2, 0.25) is 0 Å². The maximum Gasteiger partial charge on any atom is 0.191 e. The molecule has 1 rings (SSSR count). The van der Waals surface area contributed by atoms with Crippen molar-refractivity contribution in [2.24, 2.45) is 10.4 Å². The lowest BCUT2D eigenvalue weighted by Gasteiger charge is -2.29. The quantitative estimate of drug-likeness (QED) is 0.280. The van der Waals surface area contributed by atoms with Gasteiger partial charge in [0.15, 0.2) is 5.96 Å². The molecule has 0 aromatic heterocycles. The van der Waals surface area contributed by atoms with Gasteiger partial charge in [0.1, 0.15) is 0 Å². The molecule has 0 radical (unpaired) electrons. The van der Waals surface area contributed by atoms with Gasteiger partial charge in [-0.3, -0.25) is 4.99 Å². The third kappa shape index (κ3) is 8.58. The van der Waals surface area contributed by atoms with Gasteiger partial charge in [-0.15, -0.1) is 35.7 Å². The van der Waals surface area contributed by atoms with E-state index in [4.69, 9.17) is 0 Å². The highest BCUT2D eigenvalue weighted by molar-refractivity contribution is 14.0. The minimum Gasteiger partial charge on any atom is -0.356 e. The molecule has 0 saturated heterocycles. The maximum atomic E-state index is 4.33. The topological polar surface area (TPSA) is 39.7 Å². The molecule has 0 saturated carbocycles. The first-order valence-corrected chi connectivity index (χ1v) is 9.22. The highest BCUT2D eigenvalue weighted by atomic mass is 127. The van der Waals surface area contributed by atoms with Gasteiger partial charge < -0.3 is 15.5 Å². The third-order valence-corrected chi connectivity index (χ3v) is 4.41. The minimum absolute atomic E-state index is 0. The van der Waals surface area contributed by atoms with Crippen LogP contribution in [0.25, 0.3) is 0 Å². The number of nitrogens with one attached hydrogen (secondary N) is 2.